The van der Waals surface area contributed by atoms with Crippen molar-refractivity contribution < 1.29 is 9.13 Å². The number of ether oxygens (including phenoxy) is 1. The van der Waals surface area contributed by atoms with E-state index in [-0.39, 0.29) is 5.82 Å². The first-order valence-electron chi connectivity index (χ1n) is 7.34. The molecular weight excluding hydrogens is 265 g/mol. The van der Waals surface area contributed by atoms with E-state index in [0.717, 1.165) is 29.0 Å². The van der Waals surface area contributed by atoms with Crippen molar-refractivity contribution in [3.8, 4) is 16.9 Å². The van der Waals surface area contributed by atoms with Crippen LogP contribution in [-0.4, -0.2) is 13.2 Å². The van der Waals surface area contributed by atoms with Gasteiger partial charge in [0.1, 0.15) is 11.6 Å². The van der Waals surface area contributed by atoms with E-state index >= 15 is 0 Å². The molecule has 21 heavy (non-hydrogen) atoms. The molecule has 2 aromatic carbocycles. The maximum absolute atomic E-state index is 14.2. The van der Waals surface area contributed by atoms with E-state index in [9.17, 15) is 4.39 Å². The quantitative estimate of drug-likeness (QED) is 0.894. The fourth-order valence-electron chi connectivity index (χ4n) is 2.50. The van der Waals surface area contributed by atoms with E-state index in [2.05, 4.69) is 5.32 Å². The first kappa shape index (κ1) is 14.1. The largest absolute Gasteiger partial charge is 0.497 e. The van der Waals surface area contributed by atoms with Crippen molar-refractivity contribution in [1.29, 1.82) is 0 Å². The summed E-state index contributed by atoms with van der Waals surface area (Å²) in [6.45, 7) is 2.78. The summed E-state index contributed by atoms with van der Waals surface area (Å²) >= 11 is 0. The van der Waals surface area contributed by atoms with Crippen LogP contribution in [0, 0.1) is 12.7 Å². The van der Waals surface area contributed by atoms with Crippen LogP contribution < -0.4 is 10.1 Å². The van der Waals surface area contributed by atoms with Gasteiger partial charge in [0, 0.05) is 18.2 Å². The second kappa shape index (κ2) is 5.86. The zero-order chi connectivity index (χ0) is 14.8. The van der Waals surface area contributed by atoms with E-state index in [1.165, 1.54) is 12.8 Å². The molecule has 2 nitrogen and oxygen atoms in total. The third-order valence-corrected chi connectivity index (χ3v) is 3.93. The molecule has 0 radical (unpaired) electrons. The van der Waals surface area contributed by atoms with Crippen molar-refractivity contribution in [2.45, 2.75) is 32.4 Å². The van der Waals surface area contributed by atoms with Gasteiger partial charge in [0.05, 0.1) is 7.11 Å². The minimum Gasteiger partial charge on any atom is -0.497 e. The van der Waals surface area contributed by atoms with Crippen molar-refractivity contribution in [3.05, 3.63) is 53.3 Å². The molecule has 0 unspecified atom stereocenters. The van der Waals surface area contributed by atoms with Gasteiger partial charge in [0.25, 0.3) is 0 Å². The van der Waals surface area contributed by atoms with Crippen molar-refractivity contribution in [2.24, 2.45) is 0 Å². The maximum atomic E-state index is 14.2. The first-order chi connectivity index (χ1) is 10.2. The van der Waals surface area contributed by atoms with E-state index in [1.807, 2.05) is 37.3 Å². The Hall–Kier alpha value is -1.87. The van der Waals surface area contributed by atoms with Crippen LogP contribution in [0.3, 0.4) is 0 Å². The molecule has 0 aliphatic heterocycles. The Balaban J connectivity index is 1.90. The summed E-state index contributed by atoms with van der Waals surface area (Å²) in [5.74, 6) is 0.613. The summed E-state index contributed by atoms with van der Waals surface area (Å²) in [5, 5.41) is 3.46. The fraction of sp³-hybridized carbons (Fsp3) is 0.333. The highest BCUT2D eigenvalue weighted by Gasteiger charge is 2.20. The molecule has 0 atom stereocenters. The molecule has 1 aliphatic rings. The normalized spacial score (nSPS) is 14.2. The molecule has 0 bridgehead atoms. The SMILES string of the molecule is COc1ccc(-c2cc(CNC3CC3)ccc2F)c(C)c1. The number of rotatable bonds is 5. The van der Waals surface area contributed by atoms with Gasteiger partial charge in [-0.3, -0.25) is 0 Å². The van der Waals surface area contributed by atoms with Gasteiger partial charge in [-0.1, -0.05) is 12.1 Å². The van der Waals surface area contributed by atoms with E-state index < -0.39 is 0 Å². The fourth-order valence-corrected chi connectivity index (χ4v) is 2.50. The molecule has 0 aromatic heterocycles. The summed E-state index contributed by atoms with van der Waals surface area (Å²) in [6.07, 6.45) is 2.51. The number of aryl methyl sites for hydroxylation is 1. The van der Waals surface area contributed by atoms with Gasteiger partial charge in [-0.15, -0.1) is 0 Å². The molecule has 1 saturated carbocycles. The number of benzene rings is 2. The van der Waals surface area contributed by atoms with Gasteiger partial charge in [-0.25, -0.2) is 4.39 Å². The highest BCUT2D eigenvalue weighted by molar-refractivity contribution is 5.69. The lowest BCUT2D eigenvalue weighted by molar-refractivity contribution is 0.414. The zero-order valence-electron chi connectivity index (χ0n) is 12.4. The van der Waals surface area contributed by atoms with Crippen LogP contribution in [0.1, 0.15) is 24.0 Å². The molecule has 0 amide bonds. The standard InChI is InChI=1S/C18H20FNO/c1-12-9-15(21-2)6-7-16(12)17-10-13(3-8-18(17)19)11-20-14-4-5-14/h3,6-10,14,20H,4-5,11H2,1-2H3. The van der Waals surface area contributed by atoms with Crippen LogP contribution >= 0.6 is 0 Å². The van der Waals surface area contributed by atoms with Crippen LogP contribution in [0.2, 0.25) is 0 Å². The van der Waals surface area contributed by atoms with Crippen molar-refractivity contribution in [1.82, 2.24) is 5.32 Å². The molecule has 3 rings (SSSR count). The van der Waals surface area contributed by atoms with E-state index in [0.29, 0.717) is 11.6 Å². The average molecular weight is 285 g/mol. The Morgan fingerprint density at radius 1 is 1.14 bits per heavy atom. The molecule has 0 spiro atoms. The predicted octanol–water partition coefficient (Wildman–Crippen LogP) is 4.06. The van der Waals surface area contributed by atoms with Crippen molar-refractivity contribution in [2.75, 3.05) is 7.11 Å². The van der Waals surface area contributed by atoms with Crippen LogP contribution in [0.4, 0.5) is 4.39 Å². The molecule has 1 fully saturated rings. The molecule has 110 valence electrons. The lowest BCUT2D eigenvalue weighted by Gasteiger charge is -2.11. The molecule has 0 saturated heterocycles. The Bertz CT molecular complexity index is 650. The molecule has 2 aromatic rings. The molecule has 1 aliphatic carbocycles. The van der Waals surface area contributed by atoms with Gasteiger partial charge in [-0.05, 0) is 60.7 Å². The van der Waals surface area contributed by atoms with Crippen LogP contribution in [0.5, 0.6) is 5.75 Å². The Labute approximate surface area is 125 Å². The Morgan fingerprint density at radius 2 is 1.95 bits per heavy atom. The smallest absolute Gasteiger partial charge is 0.131 e. The number of nitrogens with one attached hydrogen (secondary N) is 1. The summed E-state index contributed by atoms with van der Waals surface area (Å²) in [6, 6.07) is 11.7. The number of hydrogen-bond acceptors (Lipinski definition) is 2. The monoisotopic (exact) mass is 285 g/mol. The highest BCUT2D eigenvalue weighted by Crippen LogP contribution is 2.30. The Morgan fingerprint density at radius 3 is 2.62 bits per heavy atom. The zero-order valence-corrected chi connectivity index (χ0v) is 12.4. The minimum absolute atomic E-state index is 0.182. The van der Waals surface area contributed by atoms with Crippen LogP contribution in [0.15, 0.2) is 36.4 Å². The third-order valence-electron chi connectivity index (χ3n) is 3.93. The van der Waals surface area contributed by atoms with Gasteiger partial charge >= 0.3 is 0 Å². The highest BCUT2D eigenvalue weighted by atomic mass is 19.1. The second-order valence-corrected chi connectivity index (χ2v) is 5.65. The minimum atomic E-state index is -0.182. The number of methoxy groups -OCH3 is 1. The van der Waals surface area contributed by atoms with Gasteiger partial charge in [-0.2, -0.15) is 0 Å². The lowest BCUT2D eigenvalue weighted by atomic mass is 9.98. The molecule has 1 N–H and O–H groups in total. The van der Waals surface area contributed by atoms with E-state index in [1.54, 1.807) is 13.2 Å². The number of hydrogen-bond donors (Lipinski definition) is 1. The van der Waals surface area contributed by atoms with Gasteiger partial charge in [0.15, 0.2) is 0 Å². The topological polar surface area (TPSA) is 21.3 Å². The molecular formula is C18H20FNO. The van der Waals surface area contributed by atoms with Crippen molar-refractivity contribution >= 4 is 0 Å². The van der Waals surface area contributed by atoms with Crippen LogP contribution in [0.25, 0.3) is 11.1 Å². The second-order valence-electron chi connectivity index (χ2n) is 5.65. The maximum Gasteiger partial charge on any atom is 0.131 e. The van der Waals surface area contributed by atoms with Crippen molar-refractivity contribution in [3.63, 3.8) is 0 Å². The average Bonchev–Trinajstić information content (AvgIpc) is 3.31. The molecule has 3 heteroatoms. The van der Waals surface area contributed by atoms with Gasteiger partial charge in [0.2, 0.25) is 0 Å². The summed E-state index contributed by atoms with van der Waals surface area (Å²) in [4.78, 5) is 0. The Kier molecular flexibility index (Phi) is 3.93. The third kappa shape index (κ3) is 3.24. The van der Waals surface area contributed by atoms with Crippen LogP contribution in [-0.2, 0) is 6.54 Å². The number of halogens is 1. The predicted molar refractivity (Wildman–Crippen MR) is 83.0 cm³/mol. The summed E-state index contributed by atoms with van der Waals surface area (Å²) in [7, 11) is 1.64. The summed E-state index contributed by atoms with van der Waals surface area (Å²) < 4.78 is 19.4. The summed E-state index contributed by atoms with van der Waals surface area (Å²) in [5.41, 5.74) is 3.71. The first-order valence-corrected chi connectivity index (χ1v) is 7.34. The molecule has 0 heterocycles. The lowest BCUT2D eigenvalue weighted by Crippen LogP contribution is -2.15. The van der Waals surface area contributed by atoms with E-state index in [4.69, 9.17) is 4.74 Å². The van der Waals surface area contributed by atoms with Gasteiger partial charge < -0.3 is 10.1 Å².